The van der Waals surface area contributed by atoms with E-state index in [1.165, 1.54) is 14.2 Å². The van der Waals surface area contributed by atoms with E-state index < -0.39 is 0 Å². The van der Waals surface area contributed by atoms with Crippen LogP contribution in [0.3, 0.4) is 0 Å². The van der Waals surface area contributed by atoms with Crippen molar-refractivity contribution in [1.82, 2.24) is 5.32 Å². The average molecular weight is 314 g/mol. The zero-order valence-electron chi connectivity index (χ0n) is 13.9. The Labute approximate surface area is 136 Å². The summed E-state index contributed by atoms with van der Waals surface area (Å²) < 4.78 is 5.82. The van der Waals surface area contributed by atoms with Crippen LogP contribution in [0.25, 0.3) is 0 Å². The first kappa shape index (κ1) is 18.2. The summed E-state index contributed by atoms with van der Waals surface area (Å²) in [6.07, 6.45) is 0. The van der Waals surface area contributed by atoms with E-state index in [1.807, 2.05) is 50.2 Å². The van der Waals surface area contributed by atoms with Crippen LogP contribution in [-0.2, 0) is 9.63 Å². The van der Waals surface area contributed by atoms with Gasteiger partial charge in [0, 0.05) is 7.05 Å². The van der Waals surface area contributed by atoms with Gasteiger partial charge < -0.3 is 14.9 Å². The Morgan fingerprint density at radius 3 is 2.22 bits per heavy atom. The Balaban J connectivity index is 0.00000127. The molecule has 1 N–H and O–H groups in total. The van der Waals surface area contributed by atoms with Crippen molar-refractivity contribution in [3.8, 4) is 11.5 Å². The monoisotopic (exact) mass is 314 g/mol. The van der Waals surface area contributed by atoms with Crippen molar-refractivity contribution in [3.63, 3.8) is 0 Å². The quantitative estimate of drug-likeness (QED) is 0.677. The van der Waals surface area contributed by atoms with Gasteiger partial charge in [0.25, 0.3) is 5.91 Å². The van der Waals surface area contributed by atoms with E-state index in [4.69, 9.17) is 9.57 Å². The number of oxime groups is 1. The predicted molar refractivity (Wildman–Crippen MR) is 91.9 cm³/mol. The minimum atomic E-state index is -0.346. The zero-order valence-corrected chi connectivity index (χ0v) is 13.9. The van der Waals surface area contributed by atoms with Gasteiger partial charge in [0.2, 0.25) is 0 Å². The SMILES string of the molecule is CC.CNC(=O)C(=NOC)c1ccccc1Oc1ccccc1. The average Bonchev–Trinajstić information content (AvgIpc) is 2.62. The van der Waals surface area contributed by atoms with Gasteiger partial charge in [-0.1, -0.05) is 49.3 Å². The molecule has 0 unspecified atom stereocenters. The third-order valence-electron chi connectivity index (χ3n) is 2.74. The fourth-order valence-electron chi connectivity index (χ4n) is 1.79. The largest absolute Gasteiger partial charge is 0.457 e. The highest BCUT2D eigenvalue weighted by Crippen LogP contribution is 2.25. The Hall–Kier alpha value is -2.82. The molecule has 0 saturated heterocycles. The number of carbonyl (C=O) groups is 1. The van der Waals surface area contributed by atoms with Crippen LogP contribution >= 0.6 is 0 Å². The number of rotatable bonds is 5. The van der Waals surface area contributed by atoms with E-state index in [-0.39, 0.29) is 11.6 Å². The van der Waals surface area contributed by atoms with Gasteiger partial charge in [-0.25, -0.2) is 0 Å². The molecule has 0 aliphatic heterocycles. The topological polar surface area (TPSA) is 59.9 Å². The smallest absolute Gasteiger partial charge is 0.273 e. The first-order chi connectivity index (χ1) is 11.3. The van der Waals surface area contributed by atoms with Crippen LogP contribution < -0.4 is 10.1 Å². The van der Waals surface area contributed by atoms with Crippen LogP contribution in [0.1, 0.15) is 19.4 Å². The van der Waals surface area contributed by atoms with E-state index in [9.17, 15) is 4.79 Å². The van der Waals surface area contributed by atoms with Crippen LogP contribution in [0.2, 0.25) is 0 Å². The molecule has 2 aromatic carbocycles. The highest BCUT2D eigenvalue weighted by atomic mass is 16.6. The van der Waals surface area contributed by atoms with Crippen molar-refractivity contribution in [2.75, 3.05) is 14.2 Å². The number of hydrogen-bond acceptors (Lipinski definition) is 4. The first-order valence-corrected chi connectivity index (χ1v) is 7.41. The number of ether oxygens (including phenoxy) is 1. The van der Waals surface area contributed by atoms with Crippen molar-refractivity contribution in [2.45, 2.75) is 13.8 Å². The van der Waals surface area contributed by atoms with Gasteiger partial charge >= 0.3 is 0 Å². The van der Waals surface area contributed by atoms with E-state index in [0.29, 0.717) is 17.1 Å². The summed E-state index contributed by atoms with van der Waals surface area (Å²) >= 11 is 0. The highest BCUT2D eigenvalue weighted by molar-refractivity contribution is 6.45. The third kappa shape index (κ3) is 5.14. The van der Waals surface area contributed by atoms with Crippen LogP contribution in [0.4, 0.5) is 0 Å². The van der Waals surface area contributed by atoms with E-state index in [0.717, 1.165) is 0 Å². The summed E-state index contributed by atoms with van der Waals surface area (Å²) in [4.78, 5) is 16.7. The molecule has 0 fully saturated rings. The van der Waals surface area contributed by atoms with Gasteiger partial charge in [0.1, 0.15) is 18.6 Å². The van der Waals surface area contributed by atoms with Crippen molar-refractivity contribution >= 4 is 11.6 Å². The second kappa shape index (κ2) is 10.00. The fraction of sp³-hybridized carbons (Fsp3) is 0.222. The molecule has 5 nitrogen and oxygen atoms in total. The minimum absolute atomic E-state index is 0.159. The van der Waals surface area contributed by atoms with Gasteiger partial charge in [0.15, 0.2) is 5.71 Å². The maximum atomic E-state index is 11.9. The van der Waals surface area contributed by atoms with E-state index >= 15 is 0 Å². The van der Waals surface area contributed by atoms with Crippen LogP contribution in [0.5, 0.6) is 11.5 Å². The molecule has 0 radical (unpaired) electrons. The molecule has 0 saturated carbocycles. The van der Waals surface area contributed by atoms with Gasteiger partial charge in [-0.3, -0.25) is 4.79 Å². The van der Waals surface area contributed by atoms with Gasteiger partial charge in [-0.05, 0) is 24.3 Å². The molecular formula is C18H22N2O3. The zero-order chi connectivity index (χ0) is 17.1. The number of amides is 1. The van der Waals surface area contributed by atoms with Crippen LogP contribution in [0.15, 0.2) is 59.8 Å². The summed E-state index contributed by atoms with van der Waals surface area (Å²) in [5.41, 5.74) is 0.717. The Morgan fingerprint density at radius 1 is 1.00 bits per heavy atom. The molecule has 0 atom stereocenters. The summed E-state index contributed by atoms with van der Waals surface area (Å²) in [5.74, 6) is 0.864. The van der Waals surface area contributed by atoms with Crippen molar-refractivity contribution in [3.05, 3.63) is 60.2 Å². The van der Waals surface area contributed by atoms with E-state index in [1.54, 1.807) is 18.2 Å². The molecule has 122 valence electrons. The molecule has 0 aliphatic carbocycles. The number of likely N-dealkylation sites (N-methyl/N-ethyl adjacent to an activating group) is 1. The predicted octanol–water partition coefficient (Wildman–Crippen LogP) is 3.60. The lowest BCUT2D eigenvalue weighted by Crippen LogP contribution is -2.28. The summed E-state index contributed by atoms with van der Waals surface area (Å²) in [6.45, 7) is 4.00. The second-order valence-corrected chi connectivity index (χ2v) is 4.11. The molecule has 0 aliphatic rings. The molecule has 2 rings (SSSR count). The van der Waals surface area contributed by atoms with Gasteiger partial charge in [-0.15, -0.1) is 0 Å². The Bertz CT molecular complexity index is 640. The Morgan fingerprint density at radius 2 is 1.61 bits per heavy atom. The molecule has 0 heterocycles. The second-order valence-electron chi connectivity index (χ2n) is 4.11. The molecule has 23 heavy (non-hydrogen) atoms. The lowest BCUT2D eigenvalue weighted by molar-refractivity contribution is -0.114. The van der Waals surface area contributed by atoms with E-state index in [2.05, 4.69) is 10.5 Å². The van der Waals surface area contributed by atoms with Crippen LogP contribution in [-0.4, -0.2) is 25.8 Å². The molecule has 0 aromatic heterocycles. The molecule has 2 aromatic rings. The number of nitrogens with zero attached hydrogens (tertiary/aromatic N) is 1. The number of para-hydroxylation sites is 2. The normalized spacial score (nSPS) is 10.2. The lowest BCUT2D eigenvalue weighted by Gasteiger charge is -2.11. The van der Waals surface area contributed by atoms with Crippen molar-refractivity contribution in [1.29, 1.82) is 0 Å². The molecule has 5 heteroatoms. The standard InChI is InChI=1S/C16H16N2O3.C2H6/c1-17-16(19)15(18-20-2)13-10-6-7-11-14(13)21-12-8-4-3-5-9-12;1-2/h3-11H,1-2H3,(H,17,19);1-2H3. The van der Waals surface area contributed by atoms with Crippen LogP contribution in [0, 0.1) is 0 Å². The van der Waals surface area contributed by atoms with Crippen molar-refractivity contribution < 1.29 is 14.4 Å². The highest BCUT2D eigenvalue weighted by Gasteiger charge is 2.18. The minimum Gasteiger partial charge on any atom is -0.457 e. The van der Waals surface area contributed by atoms with Gasteiger partial charge in [-0.2, -0.15) is 0 Å². The third-order valence-corrected chi connectivity index (χ3v) is 2.74. The molecular weight excluding hydrogens is 292 g/mol. The maximum absolute atomic E-state index is 11.9. The maximum Gasteiger partial charge on any atom is 0.273 e. The number of carbonyl (C=O) groups excluding carboxylic acids is 1. The molecule has 0 spiro atoms. The molecule has 0 bridgehead atoms. The lowest BCUT2D eigenvalue weighted by atomic mass is 10.1. The molecule has 1 amide bonds. The number of benzene rings is 2. The number of nitrogens with one attached hydrogen (secondary N) is 1. The number of hydrogen-bond donors (Lipinski definition) is 1. The fourth-order valence-corrected chi connectivity index (χ4v) is 1.79. The first-order valence-electron chi connectivity index (χ1n) is 7.41. The van der Waals surface area contributed by atoms with Crippen molar-refractivity contribution in [2.24, 2.45) is 5.16 Å². The summed E-state index contributed by atoms with van der Waals surface area (Å²) in [6, 6.07) is 16.5. The Kier molecular flexibility index (Phi) is 7.92. The summed E-state index contributed by atoms with van der Waals surface area (Å²) in [7, 11) is 2.93. The van der Waals surface area contributed by atoms with Gasteiger partial charge in [0.05, 0.1) is 5.56 Å². The summed E-state index contributed by atoms with van der Waals surface area (Å²) in [5, 5.41) is 6.33.